The summed E-state index contributed by atoms with van der Waals surface area (Å²) in [6.45, 7) is 6.11. The van der Waals surface area contributed by atoms with Crippen molar-refractivity contribution < 1.29 is 23.1 Å². The smallest absolute Gasteiger partial charge is 0.358 e. The van der Waals surface area contributed by atoms with E-state index < -0.39 is 13.6 Å². The summed E-state index contributed by atoms with van der Waals surface area (Å²) in [5, 5.41) is 0. The molecule has 0 saturated heterocycles. The number of ether oxygens (including phenoxy) is 1. The van der Waals surface area contributed by atoms with E-state index in [0.29, 0.717) is 24.6 Å². The molecule has 0 bridgehead atoms. The normalized spacial score (nSPS) is 11.8. The minimum absolute atomic E-state index is 0.102. The van der Waals surface area contributed by atoms with Crippen LogP contribution >= 0.6 is 7.60 Å². The highest BCUT2D eigenvalue weighted by Crippen LogP contribution is 2.51. The number of rotatable bonds is 8. The van der Waals surface area contributed by atoms with Crippen molar-refractivity contribution in [3.05, 3.63) is 29.8 Å². The van der Waals surface area contributed by atoms with Gasteiger partial charge in [0, 0.05) is 18.6 Å². The van der Waals surface area contributed by atoms with Crippen LogP contribution in [-0.2, 0) is 24.5 Å². The summed E-state index contributed by atoms with van der Waals surface area (Å²) in [6.07, 6.45) is 4.87. The zero-order chi connectivity index (χ0) is 16.9. The first kappa shape index (κ1) is 17.6. The van der Waals surface area contributed by atoms with Crippen molar-refractivity contribution in [3.63, 3.8) is 0 Å². The molecule has 2 aromatic rings. The molecule has 0 saturated carbocycles. The Labute approximate surface area is 134 Å². The van der Waals surface area contributed by atoms with Gasteiger partial charge >= 0.3 is 13.6 Å². The fraction of sp³-hybridized carbons (Fsp3) is 0.500. The first-order valence-corrected chi connectivity index (χ1v) is 9.13. The summed E-state index contributed by atoms with van der Waals surface area (Å²) in [6, 6.07) is 0. The summed E-state index contributed by atoms with van der Waals surface area (Å²) in [5.41, 5.74) is 0.838. The summed E-state index contributed by atoms with van der Waals surface area (Å²) in [5.74, 6) is -0.145. The highest BCUT2D eigenvalue weighted by Gasteiger charge is 2.24. The molecule has 0 aromatic carbocycles. The summed E-state index contributed by atoms with van der Waals surface area (Å²) in [4.78, 5) is 19.9. The van der Waals surface area contributed by atoms with Gasteiger partial charge in [0.1, 0.15) is 0 Å². The van der Waals surface area contributed by atoms with Crippen LogP contribution in [0.5, 0.6) is 0 Å². The van der Waals surface area contributed by atoms with Gasteiger partial charge in [0.2, 0.25) is 5.78 Å². The molecule has 0 atom stereocenters. The molecular formula is C14H20N3O5P. The quantitative estimate of drug-likeness (QED) is 0.538. The standard InChI is InChI=1S/C14H20N3O5P/c1-4-20-13(18)12-9-17-8-11(7-15-14(17)16-12)10-23(19,21-5-2)22-6-3/h7-9H,4-6,10H2,1-3H3. The summed E-state index contributed by atoms with van der Waals surface area (Å²) in [7, 11) is -3.21. The van der Waals surface area contributed by atoms with E-state index in [1.807, 2.05) is 0 Å². The molecule has 0 aliphatic heterocycles. The number of nitrogens with zero attached hydrogens (tertiary/aromatic N) is 3. The fourth-order valence-corrected chi connectivity index (χ4v) is 3.71. The van der Waals surface area contributed by atoms with Gasteiger partial charge < -0.3 is 13.8 Å². The van der Waals surface area contributed by atoms with Crippen LogP contribution in [-0.4, -0.2) is 40.2 Å². The first-order chi connectivity index (χ1) is 11.0. The van der Waals surface area contributed by atoms with Crippen LogP contribution in [0.2, 0.25) is 0 Å². The van der Waals surface area contributed by atoms with Gasteiger partial charge in [0.25, 0.3) is 0 Å². The minimum Gasteiger partial charge on any atom is -0.461 e. The molecule has 2 aromatic heterocycles. The van der Waals surface area contributed by atoms with E-state index in [-0.39, 0.29) is 18.5 Å². The molecular weight excluding hydrogens is 321 g/mol. The predicted octanol–water partition coefficient (Wildman–Crippen LogP) is 2.67. The predicted molar refractivity (Wildman–Crippen MR) is 83.5 cm³/mol. The molecule has 8 nitrogen and oxygen atoms in total. The Morgan fingerprint density at radius 3 is 2.48 bits per heavy atom. The molecule has 126 valence electrons. The SMILES string of the molecule is CCOC(=O)c1cn2cc(CP(=O)(OCC)OCC)cnc2n1. The van der Waals surface area contributed by atoms with Crippen molar-refractivity contribution in [2.75, 3.05) is 19.8 Å². The van der Waals surface area contributed by atoms with Gasteiger partial charge in [-0.3, -0.25) is 8.97 Å². The van der Waals surface area contributed by atoms with Crippen molar-refractivity contribution in [1.29, 1.82) is 0 Å². The highest BCUT2D eigenvalue weighted by atomic mass is 31.2. The highest BCUT2D eigenvalue weighted by molar-refractivity contribution is 7.53. The number of fused-ring (bicyclic) bond motifs is 1. The number of imidazole rings is 1. The molecule has 2 rings (SSSR count). The number of hydrogen-bond acceptors (Lipinski definition) is 7. The first-order valence-electron chi connectivity index (χ1n) is 7.40. The third-order valence-corrected chi connectivity index (χ3v) is 4.93. The molecule has 0 radical (unpaired) electrons. The molecule has 0 N–H and O–H groups in total. The molecule has 2 heterocycles. The number of carbonyl (C=O) groups is 1. The monoisotopic (exact) mass is 341 g/mol. The van der Waals surface area contributed by atoms with Crippen molar-refractivity contribution in [2.45, 2.75) is 26.9 Å². The minimum atomic E-state index is -3.21. The van der Waals surface area contributed by atoms with E-state index in [9.17, 15) is 9.36 Å². The van der Waals surface area contributed by atoms with Crippen molar-refractivity contribution in [1.82, 2.24) is 14.4 Å². The Balaban J connectivity index is 2.25. The Hall–Kier alpha value is -1.76. The lowest BCUT2D eigenvalue weighted by atomic mass is 10.4. The van der Waals surface area contributed by atoms with Crippen LogP contribution < -0.4 is 0 Å². The number of esters is 1. The van der Waals surface area contributed by atoms with Crippen molar-refractivity contribution in [2.24, 2.45) is 0 Å². The van der Waals surface area contributed by atoms with E-state index in [2.05, 4.69) is 9.97 Å². The Morgan fingerprint density at radius 2 is 1.87 bits per heavy atom. The maximum Gasteiger partial charge on any atom is 0.358 e. The van der Waals surface area contributed by atoms with E-state index >= 15 is 0 Å². The van der Waals surface area contributed by atoms with Gasteiger partial charge in [0.05, 0.1) is 26.0 Å². The molecule has 9 heteroatoms. The second kappa shape index (κ2) is 7.68. The molecule has 0 unspecified atom stereocenters. The Morgan fingerprint density at radius 1 is 1.17 bits per heavy atom. The fourth-order valence-electron chi connectivity index (χ4n) is 2.06. The van der Waals surface area contributed by atoms with Crippen LogP contribution in [0.3, 0.4) is 0 Å². The molecule has 23 heavy (non-hydrogen) atoms. The molecule has 0 spiro atoms. The van der Waals surface area contributed by atoms with E-state index in [1.165, 1.54) is 6.20 Å². The van der Waals surface area contributed by atoms with Crippen molar-refractivity contribution >= 4 is 19.3 Å². The maximum atomic E-state index is 12.5. The van der Waals surface area contributed by atoms with Gasteiger partial charge in [-0.15, -0.1) is 0 Å². The van der Waals surface area contributed by atoms with Crippen molar-refractivity contribution in [3.8, 4) is 0 Å². The summed E-state index contributed by atoms with van der Waals surface area (Å²) >= 11 is 0. The Bertz CT molecular complexity index is 720. The van der Waals surface area contributed by atoms with Gasteiger partial charge in [-0.05, 0) is 26.3 Å². The van der Waals surface area contributed by atoms with E-state index in [1.54, 1.807) is 37.6 Å². The van der Waals surface area contributed by atoms with Crippen LogP contribution in [0, 0.1) is 0 Å². The number of aromatic nitrogens is 3. The van der Waals surface area contributed by atoms with Gasteiger partial charge in [-0.2, -0.15) is 0 Å². The number of carbonyl (C=O) groups excluding carboxylic acids is 1. The van der Waals surface area contributed by atoms with Crippen LogP contribution in [0.15, 0.2) is 18.6 Å². The van der Waals surface area contributed by atoms with Gasteiger partial charge in [-0.1, -0.05) is 0 Å². The molecule has 0 fully saturated rings. The summed E-state index contributed by atoms with van der Waals surface area (Å²) < 4.78 is 29.6. The number of hydrogen-bond donors (Lipinski definition) is 0. The average molecular weight is 341 g/mol. The largest absolute Gasteiger partial charge is 0.461 e. The molecule has 0 amide bonds. The average Bonchev–Trinajstić information content (AvgIpc) is 2.91. The molecule has 0 aliphatic rings. The Kier molecular flexibility index (Phi) is 5.87. The van der Waals surface area contributed by atoms with Gasteiger partial charge in [-0.25, -0.2) is 14.8 Å². The van der Waals surface area contributed by atoms with Crippen LogP contribution in [0.4, 0.5) is 0 Å². The molecule has 0 aliphatic carbocycles. The zero-order valence-corrected chi connectivity index (χ0v) is 14.3. The zero-order valence-electron chi connectivity index (χ0n) is 13.4. The third-order valence-electron chi connectivity index (χ3n) is 2.88. The maximum absolute atomic E-state index is 12.5. The second-order valence-electron chi connectivity index (χ2n) is 4.62. The lowest BCUT2D eigenvalue weighted by molar-refractivity contribution is 0.0520. The van der Waals surface area contributed by atoms with Crippen LogP contribution in [0.1, 0.15) is 36.8 Å². The van der Waals surface area contributed by atoms with E-state index in [0.717, 1.165) is 0 Å². The third kappa shape index (κ3) is 4.37. The lowest BCUT2D eigenvalue weighted by Gasteiger charge is -2.16. The van der Waals surface area contributed by atoms with E-state index in [4.69, 9.17) is 13.8 Å². The van der Waals surface area contributed by atoms with Crippen LogP contribution in [0.25, 0.3) is 5.78 Å². The second-order valence-corrected chi connectivity index (χ2v) is 6.68. The topological polar surface area (TPSA) is 92.0 Å². The van der Waals surface area contributed by atoms with Gasteiger partial charge in [0.15, 0.2) is 5.69 Å². The lowest BCUT2D eigenvalue weighted by Crippen LogP contribution is -2.04.